The van der Waals surface area contributed by atoms with Crippen molar-refractivity contribution >= 4 is 33.3 Å². The second kappa shape index (κ2) is 4.25. The third-order valence-corrected chi connectivity index (χ3v) is 2.74. The van der Waals surface area contributed by atoms with Gasteiger partial charge in [-0.3, -0.25) is 14.5 Å². The molecule has 84 valence electrons. The lowest BCUT2D eigenvalue weighted by Gasteiger charge is -2.28. The van der Waals surface area contributed by atoms with Crippen LogP contribution < -0.4 is 9.64 Å². The lowest BCUT2D eigenvalue weighted by molar-refractivity contribution is -0.123. The molecule has 2 rings (SSSR count). The van der Waals surface area contributed by atoms with Crippen LogP contribution in [0.5, 0.6) is 5.75 Å². The third kappa shape index (κ3) is 2.09. The molecule has 1 aliphatic rings. The number of hydrogen-bond donors (Lipinski definition) is 0. The van der Waals surface area contributed by atoms with Crippen LogP contribution in [-0.4, -0.2) is 24.8 Å². The van der Waals surface area contributed by atoms with Crippen molar-refractivity contribution in [2.24, 2.45) is 0 Å². The van der Waals surface area contributed by atoms with Gasteiger partial charge in [0.1, 0.15) is 11.5 Å². The quantitative estimate of drug-likeness (QED) is 0.831. The highest BCUT2D eigenvalue weighted by Gasteiger charge is 2.26. The second-order valence-corrected chi connectivity index (χ2v) is 4.50. The maximum absolute atomic E-state index is 11.6. The highest BCUT2D eigenvalue weighted by Crippen LogP contribution is 2.34. The number of ether oxygens (including phenoxy) is 1. The Bertz CT molecular complexity index is 459. The molecule has 0 spiro atoms. The average molecular weight is 284 g/mol. The first kappa shape index (κ1) is 11.1. The number of ketones is 1. The van der Waals surface area contributed by atoms with Crippen molar-refractivity contribution in [1.82, 2.24) is 0 Å². The van der Waals surface area contributed by atoms with Gasteiger partial charge in [0.2, 0.25) is 0 Å². The zero-order chi connectivity index (χ0) is 11.7. The summed E-state index contributed by atoms with van der Waals surface area (Å²) in [4.78, 5) is 24.2. The molecule has 1 amide bonds. The van der Waals surface area contributed by atoms with Gasteiger partial charge in [0, 0.05) is 4.47 Å². The van der Waals surface area contributed by atoms with Crippen LogP contribution in [0.25, 0.3) is 0 Å². The van der Waals surface area contributed by atoms with Crippen molar-refractivity contribution in [3.05, 3.63) is 22.7 Å². The van der Waals surface area contributed by atoms with Crippen molar-refractivity contribution in [2.45, 2.75) is 6.92 Å². The number of carbonyl (C=O) groups is 2. The fourth-order valence-electron chi connectivity index (χ4n) is 1.57. The molecule has 16 heavy (non-hydrogen) atoms. The van der Waals surface area contributed by atoms with Gasteiger partial charge >= 0.3 is 0 Å². The van der Waals surface area contributed by atoms with Crippen LogP contribution in [0.3, 0.4) is 0 Å². The van der Waals surface area contributed by atoms with Crippen LogP contribution in [0.15, 0.2) is 22.7 Å². The molecule has 0 radical (unpaired) electrons. The van der Waals surface area contributed by atoms with E-state index in [2.05, 4.69) is 15.9 Å². The highest BCUT2D eigenvalue weighted by atomic mass is 79.9. The van der Waals surface area contributed by atoms with E-state index in [1.807, 2.05) is 6.07 Å². The first-order valence-corrected chi connectivity index (χ1v) is 5.59. The normalized spacial score (nSPS) is 14.4. The number of hydrogen-bond acceptors (Lipinski definition) is 3. The van der Waals surface area contributed by atoms with Crippen molar-refractivity contribution < 1.29 is 14.3 Å². The Morgan fingerprint density at radius 3 is 3.00 bits per heavy atom. The predicted molar refractivity (Wildman–Crippen MR) is 62.7 cm³/mol. The zero-order valence-electron chi connectivity index (χ0n) is 8.70. The Kier molecular flexibility index (Phi) is 2.96. The topological polar surface area (TPSA) is 46.6 Å². The molecule has 4 nitrogen and oxygen atoms in total. The van der Waals surface area contributed by atoms with E-state index in [-0.39, 0.29) is 24.8 Å². The molecular weight excluding hydrogens is 274 g/mol. The number of rotatable bonds is 2. The van der Waals surface area contributed by atoms with Crippen molar-refractivity contribution in [2.75, 3.05) is 18.1 Å². The molecule has 0 saturated heterocycles. The number of Topliss-reactive ketones (excluding diaryl/α,β-unsaturated/α-hetero) is 1. The van der Waals surface area contributed by atoms with E-state index in [4.69, 9.17) is 4.74 Å². The highest BCUT2D eigenvalue weighted by molar-refractivity contribution is 9.10. The van der Waals surface area contributed by atoms with Gasteiger partial charge in [-0.2, -0.15) is 0 Å². The molecule has 0 N–H and O–H groups in total. The Morgan fingerprint density at radius 2 is 2.31 bits per heavy atom. The van der Waals surface area contributed by atoms with Crippen LogP contribution in [0.4, 0.5) is 5.69 Å². The van der Waals surface area contributed by atoms with E-state index < -0.39 is 0 Å². The van der Waals surface area contributed by atoms with Gasteiger partial charge in [0.05, 0.1) is 12.2 Å². The summed E-state index contributed by atoms with van der Waals surface area (Å²) in [7, 11) is 0. The predicted octanol–water partition coefficient (Wildman–Crippen LogP) is 1.76. The molecule has 0 saturated carbocycles. The SMILES string of the molecule is CC(=O)CN1C(=O)COc2ccc(Br)cc21. The first-order chi connectivity index (χ1) is 7.58. The minimum atomic E-state index is -0.194. The molecule has 1 aromatic carbocycles. The summed E-state index contributed by atoms with van der Waals surface area (Å²) in [6.07, 6.45) is 0. The molecular formula is C11H10BrNO3. The number of anilines is 1. The first-order valence-electron chi connectivity index (χ1n) is 4.80. The average Bonchev–Trinajstić information content (AvgIpc) is 2.22. The van der Waals surface area contributed by atoms with Crippen LogP contribution in [0, 0.1) is 0 Å². The van der Waals surface area contributed by atoms with E-state index in [9.17, 15) is 9.59 Å². The van der Waals surface area contributed by atoms with Crippen molar-refractivity contribution in [3.8, 4) is 5.75 Å². The van der Waals surface area contributed by atoms with Gasteiger partial charge in [0.15, 0.2) is 6.61 Å². The Labute approximate surface area is 101 Å². The molecule has 1 aromatic rings. The summed E-state index contributed by atoms with van der Waals surface area (Å²) >= 11 is 3.33. The molecule has 0 fully saturated rings. The van der Waals surface area contributed by atoms with Crippen LogP contribution in [0.2, 0.25) is 0 Å². The molecule has 0 unspecified atom stereocenters. The van der Waals surface area contributed by atoms with Crippen molar-refractivity contribution in [1.29, 1.82) is 0 Å². The summed E-state index contributed by atoms with van der Waals surface area (Å²) < 4.78 is 6.12. The van der Waals surface area contributed by atoms with Crippen LogP contribution in [-0.2, 0) is 9.59 Å². The fourth-order valence-corrected chi connectivity index (χ4v) is 1.92. The van der Waals surface area contributed by atoms with Gasteiger partial charge in [-0.25, -0.2) is 0 Å². The molecule has 0 aliphatic carbocycles. The van der Waals surface area contributed by atoms with Crippen molar-refractivity contribution in [3.63, 3.8) is 0 Å². The minimum Gasteiger partial charge on any atom is -0.482 e. The summed E-state index contributed by atoms with van der Waals surface area (Å²) in [5.41, 5.74) is 0.640. The Balaban J connectivity index is 2.42. The molecule has 0 bridgehead atoms. The van der Waals surface area contributed by atoms with Gasteiger partial charge in [-0.1, -0.05) is 15.9 Å². The lowest BCUT2D eigenvalue weighted by atomic mass is 10.2. The molecule has 5 heteroatoms. The Morgan fingerprint density at radius 1 is 1.56 bits per heavy atom. The molecule has 0 aromatic heterocycles. The monoisotopic (exact) mass is 283 g/mol. The number of benzene rings is 1. The number of amides is 1. The zero-order valence-corrected chi connectivity index (χ0v) is 10.3. The minimum absolute atomic E-state index is 0.0120. The van der Waals surface area contributed by atoms with E-state index in [1.165, 1.54) is 11.8 Å². The van der Waals surface area contributed by atoms with E-state index >= 15 is 0 Å². The van der Waals surface area contributed by atoms with Gasteiger partial charge in [-0.15, -0.1) is 0 Å². The smallest absolute Gasteiger partial charge is 0.265 e. The number of fused-ring (bicyclic) bond motifs is 1. The molecule has 1 aliphatic heterocycles. The van der Waals surface area contributed by atoms with E-state index in [0.29, 0.717) is 11.4 Å². The lowest BCUT2D eigenvalue weighted by Crippen LogP contribution is -2.41. The maximum Gasteiger partial charge on any atom is 0.265 e. The number of halogens is 1. The molecule has 0 atom stereocenters. The third-order valence-electron chi connectivity index (χ3n) is 2.24. The van der Waals surface area contributed by atoms with Gasteiger partial charge in [-0.05, 0) is 25.1 Å². The van der Waals surface area contributed by atoms with Gasteiger partial charge in [0.25, 0.3) is 5.91 Å². The largest absolute Gasteiger partial charge is 0.482 e. The summed E-state index contributed by atoms with van der Waals surface area (Å²) in [6, 6.07) is 5.38. The van der Waals surface area contributed by atoms with Crippen LogP contribution >= 0.6 is 15.9 Å². The number of nitrogens with zero attached hydrogens (tertiary/aromatic N) is 1. The van der Waals surface area contributed by atoms with Crippen LogP contribution in [0.1, 0.15) is 6.92 Å². The Hall–Kier alpha value is -1.36. The maximum atomic E-state index is 11.6. The second-order valence-electron chi connectivity index (χ2n) is 3.58. The molecule has 1 heterocycles. The fraction of sp³-hybridized carbons (Fsp3) is 0.273. The summed E-state index contributed by atoms with van der Waals surface area (Å²) in [5.74, 6) is 0.381. The number of carbonyl (C=O) groups excluding carboxylic acids is 2. The van der Waals surface area contributed by atoms with Gasteiger partial charge < -0.3 is 4.74 Å². The summed E-state index contributed by atoms with van der Waals surface area (Å²) in [6.45, 7) is 1.54. The standard InChI is InChI=1S/C11H10BrNO3/c1-7(14)5-13-9-4-8(12)2-3-10(9)16-6-11(13)15/h2-4H,5-6H2,1H3. The van der Waals surface area contributed by atoms with E-state index in [0.717, 1.165) is 4.47 Å². The van der Waals surface area contributed by atoms with E-state index in [1.54, 1.807) is 12.1 Å². The summed E-state index contributed by atoms with van der Waals surface area (Å²) in [5, 5.41) is 0.